The molecule has 0 radical (unpaired) electrons. The van der Waals surface area contributed by atoms with Gasteiger partial charge in [-0.2, -0.15) is 0 Å². The number of nitrogens with zero attached hydrogens (tertiary/aromatic N) is 1. The third-order valence-corrected chi connectivity index (χ3v) is 3.68. The predicted molar refractivity (Wildman–Crippen MR) is 84.4 cm³/mol. The van der Waals surface area contributed by atoms with E-state index < -0.39 is 0 Å². The Morgan fingerprint density at radius 1 is 1.11 bits per heavy atom. The molecule has 0 aromatic heterocycles. The molecule has 1 N–H and O–H groups in total. The Morgan fingerprint density at radius 2 is 1.79 bits per heavy atom. The van der Waals surface area contributed by atoms with Crippen LogP contribution in [0.3, 0.4) is 0 Å². The molecule has 1 rings (SSSR count). The van der Waals surface area contributed by atoms with Crippen LogP contribution in [-0.2, 0) is 0 Å². The molecule has 0 spiro atoms. The van der Waals surface area contributed by atoms with E-state index in [0.717, 1.165) is 19.6 Å². The molecule has 0 aliphatic heterocycles. The van der Waals surface area contributed by atoms with Crippen molar-refractivity contribution in [1.82, 2.24) is 10.2 Å². The van der Waals surface area contributed by atoms with Crippen LogP contribution in [0.4, 0.5) is 0 Å². The second kappa shape index (κ2) is 9.11. The Balaban J connectivity index is 2.70. The summed E-state index contributed by atoms with van der Waals surface area (Å²) in [5.74, 6) is 0.619. The molecule has 0 heterocycles. The van der Waals surface area contributed by atoms with Crippen molar-refractivity contribution in [2.24, 2.45) is 5.92 Å². The number of rotatable bonds is 9. The molecule has 0 aliphatic carbocycles. The molecule has 0 amide bonds. The third-order valence-electron chi connectivity index (χ3n) is 3.68. The largest absolute Gasteiger partial charge is 0.310 e. The van der Waals surface area contributed by atoms with Crippen molar-refractivity contribution in [3.63, 3.8) is 0 Å². The van der Waals surface area contributed by atoms with Crippen molar-refractivity contribution < 1.29 is 0 Å². The highest BCUT2D eigenvalue weighted by Crippen LogP contribution is 2.22. The topological polar surface area (TPSA) is 15.3 Å². The summed E-state index contributed by atoms with van der Waals surface area (Å²) in [5.41, 5.74) is 1.41. The SMILES string of the molecule is CCCN(CC)CC(C)C(NCC)c1ccccc1. The molecule has 0 fully saturated rings. The van der Waals surface area contributed by atoms with Gasteiger partial charge in [-0.15, -0.1) is 0 Å². The summed E-state index contributed by atoms with van der Waals surface area (Å²) in [6, 6.07) is 11.3. The molecule has 2 nitrogen and oxygen atoms in total. The summed E-state index contributed by atoms with van der Waals surface area (Å²) in [6.45, 7) is 13.6. The van der Waals surface area contributed by atoms with Crippen LogP contribution in [0.5, 0.6) is 0 Å². The van der Waals surface area contributed by atoms with Crippen LogP contribution in [0.2, 0.25) is 0 Å². The Kier molecular flexibility index (Phi) is 7.76. The predicted octanol–water partition coefficient (Wildman–Crippen LogP) is 3.71. The van der Waals surface area contributed by atoms with Crippen LogP contribution in [0.1, 0.15) is 45.7 Å². The van der Waals surface area contributed by atoms with Crippen molar-refractivity contribution in [3.8, 4) is 0 Å². The lowest BCUT2D eigenvalue weighted by Crippen LogP contribution is -2.36. The minimum absolute atomic E-state index is 0.456. The Hall–Kier alpha value is -0.860. The van der Waals surface area contributed by atoms with Gasteiger partial charge >= 0.3 is 0 Å². The summed E-state index contributed by atoms with van der Waals surface area (Å²) in [4.78, 5) is 2.55. The van der Waals surface area contributed by atoms with Crippen molar-refractivity contribution in [3.05, 3.63) is 35.9 Å². The average Bonchev–Trinajstić information content (AvgIpc) is 2.45. The Bertz CT molecular complexity index is 323. The summed E-state index contributed by atoms with van der Waals surface area (Å²) in [5, 5.41) is 3.64. The normalized spacial score (nSPS) is 14.6. The lowest BCUT2D eigenvalue weighted by molar-refractivity contribution is 0.220. The van der Waals surface area contributed by atoms with Gasteiger partial charge in [-0.1, -0.05) is 58.0 Å². The fourth-order valence-electron chi connectivity index (χ4n) is 2.74. The Labute approximate surface area is 119 Å². The monoisotopic (exact) mass is 262 g/mol. The van der Waals surface area contributed by atoms with E-state index in [4.69, 9.17) is 0 Å². The van der Waals surface area contributed by atoms with E-state index in [1.807, 2.05) is 0 Å². The zero-order chi connectivity index (χ0) is 14.1. The number of benzene rings is 1. The van der Waals surface area contributed by atoms with Gasteiger partial charge in [-0.05, 0) is 37.5 Å². The first-order valence-corrected chi connectivity index (χ1v) is 7.73. The first kappa shape index (κ1) is 16.2. The number of nitrogens with one attached hydrogen (secondary N) is 1. The van der Waals surface area contributed by atoms with Gasteiger partial charge in [0.05, 0.1) is 0 Å². The second-order valence-corrected chi connectivity index (χ2v) is 5.32. The van der Waals surface area contributed by atoms with Gasteiger partial charge in [-0.25, -0.2) is 0 Å². The van der Waals surface area contributed by atoms with Gasteiger partial charge < -0.3 is 10.2 Å². The maximum absolute atomic E-state index is 3.64. The quantitative estimate of drug-likeness (QED) is 0.730. The average molecular weight is 262 g/mol. The minimum atomic E-state index is 0.456. The van der Waals surface area contributed by atoms with Gasteiger partial charge in [0, 0.05) is 12.6 Å². The fraction of sp³-hybridized carbons (Fsp3) is 0.647. The number of hydrogen-bond donors (Lipinski definition) is 1. The lowest BCUT2D eigenvalue weighted by Gasteiger charge is -2.30. The van der Waals surface area contributed by atoms with E-state index in [1.165, 1.54) is 18.5 Å². The first-order chi connectivity index (χ1) is 9.22. The Morgan fingerprint density at radius 3 is 2.32 bits per heavy atom. The number of hydrogen-bond acceptors (Lipinski definition) is 2. The zero-order valence-corrected chi connectivity index (χ0v) is 13.0. The third kappa shape index (κ3) is 5.33. The standard InChI is InChI=1S/C17H30N2/c1-5-13-19(7-3)14-15(4)17(18-6-2)16-11-9-8-10-12-16/h8-12,15,17-18H,5-7,13-14H2,1-4H3. The van der Waals surface area contributed by atoms with E-state index >= 15 is 0 Å². The van der Waals surface area contributed by atoms with Crippen LogP contribution in [0.25, 0.3) is 0 Å². The summed E-state index contributed by atoms with van der Waals surface area (Å²) in [7, 11) is 0. The summed E-state index contributed by atoms with van der Waals surface area (Å²) >= 11 is 0. The highest BCUT2D eigenvalue weighted by molar-refractivity contribution is 5.19. The van der Waals surface area contributed by atoms with Gasteiger partial charge in [0.25, 0.3) is 0 Å². The molecule has 19 heavy (non-hydrogen) atoms. The van der Waals surface area contributed by atoms with E-state index in [0.29, 0.717) is 12.0 Å². The van der Waals surface area contributed by atoms with Crippen LogP contribution in [0, 0.1) is 5.92 Å². The molecular formula is C17H30N2. The van der Waals surface area contributed by atoms with Crippen LogP contribution in [0.15, 0.2) is 30.3 Å². The van der Waals surface area contributed by atoms with E-state index in [9.17, 15) is 0 Å². The molecule has 1 aromatic rings. The van der Waals surface area contributed by atoms with Gasteiger partial charge in [-0.3, -0.25) is 0 Å². The van der Waals surface area contributed by atoms with Crippen molar-refractivity contribution >= 4 is 0 Å². The zero-order valence-electron chi connectivity index (χ0n) is 13.0. The summed E-state index contributed by atoms with van der Waals surface area (Å²) < 4.78 is 0. The van der Waals surface area contributed by atoms with Crippen LogP contribution < -0.4 is 5.32 Å². The molecule has 2 atom stereocenters. The maximum Gasteiger partial charge on any atom is 0.0358 e. The van der Waals surface area contributed by atoms with E-state index in [1.54, 1.807) is 0 Å². The molecule has 0 saturated carbocycles. The molecule has 2 unspecified atom stereocenters. The fourth-order valence-corrected chi connectivity index (χ4v) is 2.74. The molecule has 1 aromatic carbocycles. The molecule has 0 aliphatic rings. The van der Waals surface area contributed by atoms with Crippen molar-refractivity contribution in [2.75, 3.05) is 26.2 Å². The minimum Gasteiger partial charge on any atom is -0.310 e. The summed E-state index contributed by atoms with van der Waals surface area (Å²) in [6.07, 6.45) is 1.23. The van der Waals surface area contributed by atoms with Crippen LogP contribution >= 0.6 is 0 Å². The van der Waals surface area contributed by atoms with E-state index in [-0.39, 0.29) is 0 Å². The first-order valence-electron chi connectivity index (χ1n) is 7.73. The highest BCUT2D eigenvalue weighted by atomic mass is 15.1. The smallest absolute Gasteiger partial charge is 0.0358 e. The van der Waals surface area contributed by atoms with Gasteiger partial charge in [0.15, 0.2) is 0 Å². The maximum atomic E-state index is 3.64. The molecule has 108 valence electrons. The molecule has 2 heteroatoms. The van der Waals surface area contributed by atoms with Crippen molar-refractivity contribution in [2.45, 2.75) is 40.2 Å². The second-order valence-electron chi connectivity index (χ2n) is 5.32. The van der Waals surface area contributed by atoms with Gasteiger partial charge in [0.1, 0.15) is 0 Å². The highest BCUT2D eigenvalue weighted by Gasteiger charge is 2.19. The molecular weight excluding hydrogens is 232 g/mol. The molecule has 0 saturated heterocycles. The van der Waals surface area contributed by atoms with E-state index in [2.05, 4.69) is 68.2 Å². The van der Waals surface area contributed by atoms with Gasteiger partial charge in [0.2, 0.25) is 0 Å². The molecule has 0 bridgehead atoms. The lowest BCUT2D eigenvalue weighted by atomic mass is 9.94. The van der Waals surface area contributed by atoms with Crippen LogP contribution in [-0.4, -0.2) is 31.1 Å². The van der Waals surface area contributed by atoms with Crippen molar-refractivity contribution in [1.29, 1.82) is 0 Å².